The van der Waals surface area contributed by atoms with Gasteiger partial charge in [0.15, 0.2) is 5.69 Å². The van der Waals surface area contributed by atoms with Crippen molar-refractivity contribution in [1.29, 1.82) is 0 Å². The highest BCUT2D eigenvalue weighted by molar-refractivity contribution is 5.86. The molecule has 0 bridgehead atoms. The highest BCUT2D eigenvalue weighted by atomic mass is 16.5. The van der Waals surface area contributed by atoms with Crippen molar-refractivity contribution >= 4 is 11.8 Å². The van der Waals surface area contributed by atoms with Crippen LogP contribution in [0.2, 0.25) is 0 Å². The smallest absolute Gasteiger partial charge is 0.358 e. The molecule has 1 aliphatic rings. The fourth-order valence-corrected chi connectivity index (χ4v) is 2.31. The van der Waals surface area contributed by atoms with Crippen molar-refractivity contribution in [3.05, 3.63) is 18.1 Å². The number of methoxy groups -OCH3 is 1. The molecule has 5 nitrogen and oxygen atoms in total. The van der Waals surface area contributed by atoms with Crippen LogP contribution >= 0.6 is 0 Å². The van der Waals surface area contributed by atoms with Crippen molar-refractivity contribution in [1.82, 2.24) is 9.97 Å². The maximum atomic E-state index is 11.3. The molecule has 1 aromatic heterocycles. The fourth-order valence-electron chi connectivity index (χ4n) is 2.31. The summed E-state index contributed by atoms with van der Waals surface area (Å²) in [5.41, 5.74) is 0.554. The summed E-state index contributed by atoms with van der Waals surface area (Å²) in [5.74, 6) is 0.378. The van der Waals surface area contributed by atoms with E-state index in [0.717, 1.165) is 25.3 Å². The van der Waals surface area contributed by atoms with Gasteiger partial charge in [0.25, 0.3) is 0 Å². The van der Waals surface area contributed by atoms with Crippen LogP contribution in [0.3, 0.4) is 0 Å². The molecule has 0 aromatic carbocycles. The average Bonchev–Trinajstić information content (AvgIpc) is 2.37. The van der Waals surface area contributed by atoms with Crippen molar-refractivity contribution < 1.29 is 9.53 Å². The first-order valence-corrected chi connectivity index (χ1v) is 6.17. The van der Waals surface area contributed by atoms with Gasteiger partial charge in [0.05, 0.1) is 19.5 Å². The molecular weight excluding hydrogens is 230 g/mol. The van der Waals surface area contributed by atoms with E-state index in [2.05, 4.69) is 33.5 Å². The first-order chi connectivity index (χ1) is 8.52. The molecule has 2 heterocycles. The third kappa shape index (κ3) is 2.78. The number of rotatable bonds is 2. The van der Waals surface area contributed by atoms with E-state index in [-0.39, 0.29) is 5.69 Å². The number of carbonyl (C=O) groups is 1. The topological polar surface area (TPSA) is 55.3 Å². The molecule has 0 radical (unpaired) electrons. The largest absolute Gasteiger partial charge is 0.464 e. The zero-order valence-electron chi connectivity index (χ0n) is 11.1. The normalized spacial score (nSPS) is 18.5. The lowest BCUT2D eigenvalue weighted by Crippen LogP contribution is -2.40. The molecule has 0 spiro atoms. The molecule has 1 fully saturated rings. The van der Waals surface area contributed by atoms with Gasteiger partial charge in [0, 0.05) is 13.1 Å². The zero-order valence-corrected chi connectivity index (χ0v) is 11.1. The summed E-state index contributed by atoms with van der Waals surface area (Å²) in [6.07, 6.45) is 5.51. The predicted molar refractivity (Wildman–Crippen MR) is 68.6 cm³/mol. The summed E-state index contributed by atoms with van der Waals surface area (Å²) >= 11 is 0. The van der Waals surface area contributed by atoms with E-state index < -0.39 is 5.97 Å². The van der Waals surface area contributed by atoms with Gasteiger partial charge in [0.1, 0.15) is 5.82 Å². The summed E-state index contributed by atoms with van der Waals surface area (Å²) < 4.78 is 4.60. The highest BCUT2D eigenvalue weighted by Crippen LogP contribution is 2.30. The van der Waals surface area contributed by atoms with E-state index in [4.69, 9.17) is 0 Å². The SMILES string of the molecule is COC(=O)c1cnc(N2CCCC(C)(C)C2)cn1. The number of carbonyl (C=O) groups excluding carboxylic acids is 1. The maximum Gasteiger partial charge on any atom is 0.358 e. The molecule has 5 heteroatoms. The Morgan fingerprint density at radius 3 is 2.72 bits per heavy atom. The standard InChI is InChI=1S/C13H19N3O2/c1-13(2)5-4-6-16(9-13)11-8-14-10(7-15-11)12(17)18-3/h7-8H,4-6,9H2,1-3H3. The summed E-state index contributed by atoms with van der Waals surface area (Å²) in [5, 5.41) is 0. The minimum absolute atomic E-state index is 0.248. The molecule has 98 valence electrons. The number of hydrogen-bond acceptors (Lipinski definition) is 5. The fraction of sp³-hybridized carbons (Fsp3) is 0.615. The van der Waals surface area contributed by atoms with Gasteiger partial charge in [-0.05, 0) is 18.3 Å². The lowest BCUT2D eigenvalue weighted by molar-refractivity contribution is 0.0593. The number of piperidine rings is 1. The predicted octanol–water partition coefficient (Wildman–Crippen LogP) is 1.89. The summed E-state index contributed by atoms with van der Waals surface area (Å²) in [7, 11) is 1.34. The molecule has 0 saturated carbocycles. The van der Waals surface area contributed by atoms with Crippen LogP contribution in [0.25, 0.3) is 0 Å². The maximum absolute atomic E-state index is 11.3. The van der Waals surface area contributed by atoms with Crippen molar-refractivity contribution in [2.75, 3.05) is 25.1 Å². The number of anilines is 1. The summed E-state index contributed by atoms with van der Waals surface area (Å²) in [4.78, 5) is 21.9. The van der Waals surface area contributed by atoms with Gasteiger partial charge < -0.3 is 9.64 Å². The Hall–Kier alpha value is -1.65. The van der Waals surface area contributed by atoms with Crippen molar-refractivity contribution in [3.8, 4) is 0 Å². The van der Waals surface area contributed by atoms with Crippen LogP contribution in [0, 0.1) is 5.41 Å². The van der Waals surface area contributed by atoms with E-state index in [0.29, 0.717) is 5.41 Å². The molecule has 0 unspecified atom stereocenters. The van der Waals surface area contributed by atoms with Crippen LogP contribution in [0.5, 0.6) is 0 Å². The van der Waals surface area contributed by atoms with Crippen molar-refractivity contribution in [2.45, 2.75) is 26.7 Å². The van der Waals surface area contributed by atoms with Crippen molar-refractivity contribution in [3.63, 3.8) is 0 Å². The van der Waals surface area contributed by atoms with Crippen LogP contribution in [0.15, 0.2) is 12.4 Å². The number of esters is 1. The van der Waals surface area contributed by atoms with Gasteiger partial charge in [-0.15, -0.1) is 0 Å². The molecule has 0 atom stereocenters. The van der Waals surface area contributed by atoms with Gasteiger partial charge in [0.2, 0.25) is 0 Å². The summed E-state index contributed by atoms with van der Waals surface area (Å²) in [6, 6.07) is 0. The van der Waals surface area contributed by atoms with E-state index in [1.165, 1.54) is 19.7 Å². The van der Waals surface area contributed by atoms with Gasteiger partial charge >= 0.3 is 5.97 Å². The molecule has 18 heavy (non-hydrogen) atoms. The minimum Gasteiger partial charge on any atom is -0.464 e. The van der Waals surface area contributed by atoms with Gasteiger partial charge in [-0.25, -0.2) is 14.8 Å². The Morgan fingerprint density at radius 2 is 2.17 bits per heavy atom. The van der Waals surface area contributed by atoms with E-state index >= 15 is 0 Å². The Balaban J connectivity index is 2.12. The summed E-state index contributed by atoms with van der Waals surface area (Å²) in [6.45, 7) is 6.49. The van der Waals surface area contributed by atoms with Gasteiger partial charge in [-0.3, -0.25) is 0 Å². The molecule has 0 N–H and O–H groups in total. The Labute approximate surface area is 107 Å². The van der Waals surface area contributed by atoms with Gasteiger partial charge in [-0.2, -0.15) is 0 Å². The first-order valence-electron chi connectivity index (χ1n) is 6.17. The second-order valence-electron chi connectivity index (χ2n) is 5.44. The molecule has 2 rings (SSSR count). The molecule has 1 saturated heterocycles. The third-order valence-electron chi connectivity index (χ3n) is 3.26. The second kappa shape index (κ2) is 4.92. The highest BCUT2D eigenvalue weighted by Gasteiger charge is 2.27. The molecular formula is C13H19N3O2. The zero-order chi connectivity index (χ0) is 13.2. The monoisotopic (exact) mass is 249 g/mol. The number of hydrogen-bond donors (Lipinski definition) is 0. The van der Waals surface area contributed by atoms with Crippen molar-refractivity contribution in [2.24, 2.45) is 5.41 Å². The Morgan fingerprint density at radius 1 is 1.39 bits per heavy atom. The van der Waals surface area contributed by atoms with E-state index in [1.54, 1.807) is 6.20 Å². The van der Waals surface area contributed by atoms with Gasteiger partial charge in [-0.1, -0.05) is 13.8 Å². The Kier molecular flexibility index (Phi) is 3.50. The molecule has 1 aliphatic heterocycles. The Bertz CT molecular complexity index is 428. The third-order valence-corrected chi connectivity index (χ3v) is 3.26. The lowest BCUT2D eigenvalue weighted by Gasteiger charge is -2.38. The van der Waals surface area contributed by atoms with Crippen LogP contribution in [0.1, 0.15) is 37.2 Å². The van der Waals surface area contributed by atoms with Crippen LogP contribution in [0.4, 0.5) is 5.82 Å². The minimum atomic E-state index is -0.451. The average molecular weight is 249 g/mol. The molecule has 1 aromatic rings. The van der Waals surface area contributed by atoms with Crippen LogP contribution < -0.4 is 4.90 Å². The van der Waals surface area contributed by atoms with Crippen LogP contribution in [-0.2, 0) is 4.74 Å². The van der Waals surface area contributed by atoms with Crippen LogP contribution in [-0.4, -0.2) is 36.1 Å². The molecule has 0 aliphatic carbocycles. The number of nitrogens with zero attached hydrogens (tertiary/aromatic N) is 3. The lowest BCUT2D eigenvalue weighted by atomic mass is 9.84. The van der Waals surface area contributed by atoms with E-state index in [9.17, 15) is 4.79 Å². The quantitative estimate of drug-likeness (QED) is 0.749. The first kappa shape index (κ1) is 12.8. The number of aromatic nitrogens is 2. The van der Waals surface area contributed by atoms with E-state index in [1.807, 2.05) is 0 Å². The molecule has 0 amide bonds. The number of ether oxygens (including phenoxy) is 1. The second-order valence-corrected chi connectivity index (χ2v) is 5.44.